The van der Waals surface area contributed by atoms with Gasteiger partial charge in [0.2, 0.25) is 0 Å². The second-order valence-electron chi connectivity index (χ2n) is 4.88. The summed E-state index contributed by atoms with van der Waals surface area (Å²) in [6.45, 7) is 0. The first-order valence-corrected chi connectivity index (χ1v) is 8.88. The van der Waals surface area contributed by atoms with Crippen LogP contribution >= 0.6 is 47.8 Å². The molecule has 1 N–H and O–H groups in total. The van der Waals surface area contributed by atoms with Crippen molar-refractivity contribution in [2.45, 2.75) is 25.3 Å². The van der Waals surface area contributed by atoms with Crippen molar-refractivity contribution in [2.24, 2.45) is 0 Å². The van der Waals surface area contributed by atoms with Gasteiger partial charge in [0.15, 0.2) is 0 Å². The number of rotatable bonds is 2. The molecule has 1 heterocycles. The molecule has 0 saturated carbocycles. The third-order valence-electron chi connectivity index (χ3n) is 3.52. The SMILES string of the molecule is Brc1cc(Br)c(NC2CCCc3cccnc32)c(Br)c1. The molecule has 2 nitrogen and oxygen atoms in total. The fourth-order valence-corrected chi connectivity index (χ4v) is 5.09. The first kappa shape index (κ1) is 14.5. The Bertz CT molecular complexity index is 620. The molecule has 104 valence electrons. The second kappa shape index (κ2) is 6.16. The summed E-state index contributed by atoms with van der Waals surface area (Å²) in [7, 11) is 0. The summed E-state index contributed by atoms with van der Waals surface area (Å²) in [5.41, 5.74) is 3.62. The summed E-state index contributed by atoms with van der Waals surface area (Å²) in [5, 5.41) is 3.62. The first-order chi connectivity index (χ1) is 9.65. The molecule has 1 unspecified atom stereocenters. The average molecular weight is 461 g/mol. The van der Waals surface area contributed by atoms with E-state index in [1.165, 1.54) is 17.7 Å². The molecule has 0 amide bonds. The predicted octanol–water partition coefficient (Wildman–Crippen LogP) is 5.86. The highest BCUT2D eigenvalue weighted by atomic mass is 79.9. The molecule has 3 rings (SSSR count). The standard InChI is InChI=1S/C15H13Br3N2/c16-10-7-11(17)15(12(18)8-10)20-13-5-1-3-9-4-2-6-19-14(9)13/h2,4,6-8,13,20H,1,3,5H2. The minimum Gasteiger partial charge on any atom is -0.375 e. The van der Waals surface area contributed by atoms with E-state index < -0.39 is 0 Å². The minimum atomic E-state index is 0.272. The third kappa shape index (κ3) is 2.95. The lowest BCUT2D eigenvalue weighted by molar-refractivity contribution is 0.583. The van der Waals surface area contributed by atoms with E-state index in [-0.39, 0.29) is 6.04 Å². The normalized spacial score (nSPS) is 17.6. The smallest absolute Gasteiger partial charge is 0.0688 e. The molecule has 0 spiro atoms. The van der Waals surface area contributed by atoms with Gasteiger partial charge in [-0.15, -0.1) is 0 Å². The maximum absolute atomic E-state index is 4.57. The van der Waals surface area contributed by atoms with Gasteiger partial charge in [0.25, 0.3) is 0 Å². The van der Waals surface area contributed by atoms with Crippen LogP contribution < -0.4 is 5.32 Å². The molecule has 5 heteroatoms. The number of anilines is 1. The average Bonchev–Trinajstić information content (AvgIpc) is 2.43. The number of aromatic nitrogens is 1. The molecule has 1 atom stereocenters. The zero-order chi connectivity index (χ0) is 14.1. The van der Waals surface area contributed by atoms with Crippen LogP contribution in [0.2, 0.25) is 0 Å². The lowest BCUT2D eigenvalue weighted by Crippen LogP contribution is -2.19. The van der Waals surface area contributed by atoms with Gasteiger partial charge < -0.3 is 5.32 Å². The molecule has 1 aliphatic carbocycles. The van der Waals surface area contributed by atoms with Crippen LogP contribution in [0.4, 0.5) is 5.69 Å². The number of hydrogen-bond donors (Lipinski definition) is 1. The Hall–Kier alpha value is -0.390. The number of aryl methyl sites for hydroxylation is 1. The number of halogens is 3. The zero-order valence-electron chi connectivity index (χ0n) is 10.7. The molecule has 0 fully saturated rings. The summed E-state index contributed by atoms with van der Waals surface area (Å²) in [5.74, 6) is 0. The van der Waals surface area contributed by atoms with Crippen LogP contribution in [-0.4, -0.2) is 4.98 Å². The highest BCUT2D eigenvalue weighted by molar-refractivity contribution is 9.11. The van der Waals surface area contributed by atoms with Gasteiger partial charge in [-0.3, -0.25) is 4.98 Å². The quantitative estimate of drug-likeness (QED) is 0.607. The number of benzene rings is 1. The van der Waals surface area contributed by atoms with Crippen LogP contribution in [0.1, 0.15) is 30.1 Å². The molecule has 1 aliphatic rings. The van der Waals surface area contributed by atoms with Gasteiger partial charge in [0.1, 0.15) is 0 Å². The van der Waals surface area contributed by atoms with Gasteiger partial charge in [-0.05, 0) is 74.9 Å². The monoisotopic (exact) mass is 458 g/mol. The van der Waals surface area contributed by atoms with E-state index >= 15 is 0 Å². The summed E-state index contributed by atoms with van der Waals surface area (Å²) in [6, 6.07) is 8.58. The van der Waals surface area contributed by atoms with Gasteiger partial charge in [-0.25, -0.2) is 0 Å². The molecule has 0 radical (unpaired) electrons. The lowest BCUT2D eigenvalue weighted by Gasteiger charge is -2.27. The topological polar surface area (TPSA) is 24.9 Å². The van der Waals surface area contributed by atoms with Gasteiger partial charge in [0, 0.05) is 19.6 Å². The summed E-state index contributed by atoms with van der Waals surface area (Å²) < 4.78 is 3.13. The molecule has 2 aromatic rings. The Morgan fingerprint density at radius 1 is 1.15 bits per heavy atom. The number of nitrogens with one attached hydrogen (secondary N) is 1. The van der Waals surface area contributed by atoms with E-state index in [4.69, 9.17) is 0 Å². The number of nitrogens with zero attached hydrogens (tertiary/aromatic N) is 1. The largest absolute Gasteiger partial charge is 0.375 e. The van der Waals surface area contributed by atoms with Gasteiger partial charge in [0.05, 0.1) is 17.4 Å². The lowest BCUT2D eigenvalue weighted by atomic mass is 9.92. The van der Waals surface area contributed by atoms with Crippen LogP contribution in [0, 0.1) is 0 Å². The third-order valence-corrected chi connectivity index (χ3v) is 5.23. The Kier molecular flexibility index (Phi) is 4.48. The number of hydrogen-bond acceptors (Lipinski definition) is 2. The van der Waals surface area contributed by atoms with E-state index in [0.717, 1.165) is 31.9 Å². The summed E-state index contributed by atoms with van der Waals surface area (Å²) in [6.07, 6.45) is 5.32. The maximum Gasteiger partial charge on any atom is 0.0688 e. The van der Waals surface area contributed by atoms with Crippen molar-refractivity contribution in [3.63, 3.8) is 0 Å². The van der Waals surface area contributed by atoms with Crippen molar-refractivity contribution < 1.29 is 0 Å². The van der Waals surface area contributed by atoms with Crippen molar-refractivity contribution in [1.29, 1.82) is 0 Å². The van der Waals surface area contributed by atoms with Gasteiger partial charge in [-0.2, -0.15) is 0 Å². The number of fused-ring (bicyclic) bond motifs is 1. The first-order valence-electron chi connectivity index (χ1n) is 6.50. The van der Waals surface area contributed by atoms with Crippen LogP contribution in [0.25, 0.3) is 0 Å². The van der Waals surface area contributed by atoms with Crippen molar-refractivity contribution in [3.05, 3.63) is 55.1 Å². The molecule has 1 aromatic heterocycles. The summed E-state index contributed by atoms with van der Waals surface area (Å²) >= 11 is 10.7. The molecular weight excluding hydrogens is 448 g/mol. The highest BCUT2D eigenvalue weighted by Gasteiger charge is 2.22. The van der Waals surface area contributed by atoms with Crippen molar-refractivity contribution >= 4 is 53.5 Å². The van der Waals surface area contributed by atoms with Crippen molar-refractivity contribution in [3.8, 4) is 0 Å². The van der Waals surface area contributed by atoms with Crippen LogP contribution in [-0.2, 0) is 6.42 Å². The number of pyridine rings is 1. The second-order valence-corrected chi connectivity index (χ2v) is 7.51. The maximum atomic E-state index is 4.57. The van der Waals surface area contributed by atoms with E-state index in [1.54, 1.807) is 0 Å². The molecule has 0 bridgehead atoms. The fourth-order valence-electron chi connectivity index (χ4n) is 2.60. The summed E-state index contributed by atoms with van der Waals surface area (Å²) in [4.78, 5) is 4.57. The van der Waals surface area contributed by atoms with E-state index in [2.05, 4.69) is 76.3 Å². The molecule has 1 aromatic carbocycles. The van der Waals surface area contributed by atoms with Crippen molar-refractivity contribution in [1.82, 2.24) is 4.98 Å². The highest BCUT2D eigenvalue weighted by Crippen LogP contribution is 2.38. The van der Waals surface area contributed by atoms with Crippen molar-refractivity contribution in [2.75, 3.05) is 5.32 Å². The van der Waals surface area contributed by atoms with Crippen LogP contribution in [0.5, 0.6) is 0 Å². The van der Waals surface area contributed by atoms with E-state index in [1.807, 2.05) is 12.3 Å². The van der Waals surface area contributed by atoms with E-state index in [0.29, 0.717) is 0 Å². The Labute approximate surface area is 143 Å². The van der Waals surface area contributed by atoms with Crippen LogP contribution in [0.3, 0.4) is 0 Å². The Morgan fingerprint density at radius 2 is 1.90 bits per heavy atom. The fraction of sp³-hybridized carbons (Fsp3) is 0.267. The van der Waals surface area contributed by atoms with E-state index in [9.17, 15) is 0 Å². The Morgan fingerprint density at radius 3 is 2.65 bits per heavy atom. The molecule has 20 heavy (non-hydrogen) atoms. The predicted molar refractivity (Wildman–Crippen MR) is 93.1 cm³/mol. The zero-order valence-corrected chi connectivity index (χ0v) is 15.4. The molecular formula is C15H13Br3N2. The molecule has 0 saturated heterocycles. The van der Waals surface area contributed by atoms with Gasteiger partial charge in [-0.1, -0.05) is 22.0 Å². The molecule has 0 aliphatic heterocycles. The minimum absolute atomic E-state index is 0.272. The van der Waals surface area contributed by atoms with Crippen LogP contribution in [0.15, 0.2) is 43.9 Å². The Balaban J connectivity index is 1.94. The van der Waals surface area contributed by atoms with Gasteiger partial charge >= 0.3 is 0 Å².